The number of nitrogens with one attached hydrogen (secondary N) is 1. The first-order valence-corrected chi connectivity index (χ1v) is 9.63. The van der Waals surface area contributed by atoms with Crippen LogP contribution in [0.3, 0.4) is 0 Å². The van der Waals surface area contributed by atoms with E-state index in [0.717, 1.165) is 51.1 Å². The van der Waals surface area contributed by atoms with Crippen molar-refractivity contribution in [3.8, 4) is 5.75 Å². The SMILES string of the molecule is CNCCC1CCN(C(=O)COc2ccc(N3CCCC3=O)cc2)CC1. The summed E-state index contributed by atoms with van der Waals surface area (Å²) in [5, 5.41) is 3.19. The molecule has 0 atom stereocenters. The fourth-order valence-electron chi connectivity index (χ4n) is 3.70. The highest BCUT2D eigenvalue weighted by atomic mass is 16.5. The van der Waals surface area contributed by atoms with Gasteiger partial charge < -0.3 is 19.9 Å². The second-order valence-corrected chi connectivity index (χ2v) is 7.15. The Balaban J connectivity index is 1.42. The lowest BCUT2D eigenvalue weighted by Gasteiger charge is -2.32. The van der Waals surface area contributed by atoms with E-state index in [2.05, 4.69) is 5.32 Å². The van der Waals surface area contributed by atoms with Crippen LogP contribution < -0.4 is 15.0 Å². The quantitative estimate of drug-likeness (QED) is 0.809. The Bertz CT molecular complexity index is 609. The number of rotatable bonds is 7. The van der Waals surface area contributed by atoms with Gasteiger partial charge in [0.15, 0.2) is 6.61 Å². The van der Waals surface area contributed by atoms with Crippen molar-refractivity contribution in [2.24, 2.45) is 5.92 Å². The summed E-state index contributed by atoms with van der Waals surface area (Å²) in [7, 11) is 1.98. The summed E-state index contributed by atoms with van der Waals surface area (Å²) >= 11 is 0. The Kier molecular flexibility index (Phi) is 6.50. The van der Waals surface area contributed by atoms with E-state index >= 15 is 0 Å². The average Bonchev–Trinajstić information content (AvgIpc) is 3.11. The lowest BCUT2D eigenvalue weighted by atomic mass is 9.93. The minimum Gasteiger partial charge on any atom is -0.484 e. The van der Waals surface area contributed by atoms with Crippen LogP contribution in [0.4, 0.5) is 5.69 Å². The molecule has 0 aliphatic carbocycles. The number of hydrogen-bond acceptors (Lipinski definition) is 4. The maximum Gasteiger partial charge on any atom is 0.260 e. The van der Waals surface area contributed by atoms with E-state index in [9.17, 15) is 9.59 Å². The van der Waals surface area contributed by atoms with E-state index in [1.54, 1.807) is 4.90 Å². The van der Waals surface area contributed by atoms with Crippen molar-refractivity contribution >= 4 is 17.5 Å². The smallest absolute Gasteiger partial charge is 0.260 e. The molecule has 0 bridgehead atoms. The highest BCUT2D eigenvalue weighted by Crippen LogP contribution is 2.24. The van der Waals surface area contributed by atoms with Gasteiger partial charge in [0.1, 0.15) is 5.75 Å². The van der Waals surface area contributed by atoms with E-state index in [1.807, 2.05) is 36.2 Å². The number of carbonyl (C=O) groups excluding carboxylic acids is 2. The Hall–Kier alpha value is -2.08. The molecule has 6 heteroatoms. The molecule has 0 aromatic heterocycles. The molecule has 2 saturated heterocycles. The van der Waals surface area contributed by atoms with Gasteiger partial charge in [-0.25, -0.2) is 0 Å². The summed E-state index contributed by atoms with van der Waals surface area (Å²) in [6, 6.07) is 7.43. The number of nitrogens with zero attached hydrogens (tertiary/aromatic N) is 2. The lowest BCUT2D eigenvalue weighted by molar-refractivity contribution is -0.134. The minimum absolute atomic E-state index is 0.0517. The van der Waals surface area contributed by atoms with Crippen LogP contribution >= 0.6 is 0 Å². The zero-order valence-electron chi connectivity index (χ0n) is 15.6. The minimum atomic E-state index is 0.0517. The number of anilines is 1. The average molecular weight is 359 g/mol. The second kappa shape index (κ2) is 9.03. The van der Waals surface area contributed by atoms with Gasteiger partial charge in [-0.15, -0.1) is 0 Å². The van der Waals surface area contributed by atoms with Crippen LogP contribution in [0.25, 0.3) is 0 Å². The largest absolute Gasteiger partial charge is 0.484 e. The molecular formula is C20H29N3O3. The monoisotopic (exact) mass is 359 g/mol. The predicted molar refractivity (Wildman–Crippen MR) is 101 cm³/mol. The number of hydrogen-bond donors (Lipinski definition) is 1. The Morgan fingerprint density at radius 2 is 1.92 bits per heavy atom. The normalized spacial score (nSPS) is 18.4. The number of benzene rings is 1. The standard InChI is InChI=1S/C20H29N3O3/c1-21-11-8-16-9-13-22(14-10-16)20(25)15-26-18-6-4-17(5-7-18)23-12-2-3-19(23)24/h4-7,16,21H,2-3,8-15H2,1H3. The summed E-state index contributed by atoms with van der Waals surface area (Å²) in [6.07, 6.45) is 4.87. The van der Waals surface area contributed by atoms with Gasteiger partial charge in [0.05, 0.1) is 0 Å². The summed E-state index contributed by atoms with van der Waals surface area (Å²) in [5.41, 5.74) is 0.898. The molecule has 2 fully saturated rings. The number of piperidine rings is 1. The van der Waals surface area contributed by atoms with Gasteiger partial charge in [-0.1, -0.05) is 0 Å². The van der Waals surface area contributed by atoms with Crippen LogP contribution in [0.1, 0.15) is 32.1 Å². The van der Waals surface area contributed by atoms with Crippen LogP contribution in [0.15, 0.2) is 24.3 Å². The number of carbonyl (C=O) groups is 2. The molecule has 1 aromatic rings. The summed E-state index contributed by atoms with van der Waals surface area (Å²) in [4.78, 5) is 27.8. The van der Waals surface area contributed by atoms with Crippen molar-refractivity contribution < 1.29 is 14.3 Å². The van der Waals surface area contributed by atoms with Gasteiger partial charge in [-0.3, -0.25) is 9.59 Å². The molecule has 1 aromatic carbocycles. The van der Waals surface area contributed by atoms with Crippen molar-refractivity contribution in [2.45, 2.75) is 32.1 Å². The molecule has 2 amide bonds. The van der Waals surface area contributed by atoms with E-state index in [4.69, 9.17) is 4.74 Å². The third-order valence-electron chi connectivity index (χ3n) is 5.35. The van der Waals surface area contributed by atoms with E-state index in [1.165, 1.54) is 6.42 Å². The maximum absolute atomic E-state index is 12.3. The van der Waals surface area contributed by atoms with Crippen molar-refractivity contribution in [1.82, 2.24) is 10.2 Å². The van der Waals surface area contributed by atoms with E-state index in [-0.39, 0.29) is 18.4 Å². The topological polar surface area (TPSA) is 61.9 Å². The first-order chi connectivity index (χ1) is 12.7. The van der Waals surface area contributed by atoms with Crippen LogP contribution in [-0.4, -0.2) is 56.5 Å². The zero-order chi connectivity index (χ0) is 18.4. The molecule has 0 saturated carbocycles. The van der Waals surface area contributed by atoms with Crippen LogP contribution in [0.2, 0.25) is 0 Å². The first kappa shape index (κ1) is 18.7. The third-order valence-corrected chi connectivity index (χ3v) is 5.35. The number of amides is 2. The molecule has 2 aliphatic rings. The van der Waals surface area contributed by atoms with E-state index in [0.29, 0.717) is 18.1 Å². The fourth-order valence-corrected chi connectivity index (χ4v) is 3.70. The Morgan fingerprint density at radius 1 is 1.19 bits per heavy atom. The van der Waals surface area contributed by atoms with Gasteiger partial charge in [0.25, 0.3) is 5.91 Å². The Labute approximate surface area is 155 Å². The van der Waals surface area contributed by atoms with Gasteiger partial charge in [0.2, 0.25) is 5.91 Å². The molecule has 142 valence electrons. The zero-order valence-corrected chi connectivity index (χ0v) is 15.6. The number of ether oxygens (including phenoxy) is 1. The van der Waals surface area contributed by atoms with Gasteiger partial charge in [-0.05, 0) is 69.5 Å². The number of likely N-dealkylation sites (tertiary alicyclic amines) is 1. The summed E-state index contributed by atoms with van der Waals surface area (Å²) < 4.78 is 5.65. The Morgan fingerprint density at radius 3 is 2.54 bits per heavy atom. The molecule has 0 unspecified atom stereocenters. The van der Waals surface area contributed by atoms with Crippen LogP contribution in [0, 0.1) is 5.92 Å². The van der Waals surface area contributed by atoms with Crippen molar-refractivity contribution in [2.75, 3.05) is 44.7 Å². The molecule has 0 radical (unpaired) electrons. The molecule has 3 rings (SSSR count). The highest BCUT2D eigenvalue weighted by molar-refractivity contribution is 5.95. The fraction of sp³-hybridized carbons (Fsp3) is 0.600. The summed E-state index contributed by atoms with van der Waals surface area (Å²) in [6.45, 7) is 3.55. The lowest BCUT2D eigenvalue weighted by Crippen LogP contribution is -2.41. The van der Waals surface area contributed by atoms with Crippen LogP contribution in [0.5, 0.6) is 5.75 Å². The van der Waals surface area contributed by atoms with Gasteiger partial charge >= 0.3 is 0 Å². The maximum atomic E-state index is 12.3. The third kappa shape index (κ3) is 4.75. The van der Waals surface area contributed by atoms with Gasteiger partial charge in [0, 0.05) is 31.7 Å². The molecule has 2 aliphatic heterocycles. The molecular weight excluding hydrogens is 330 g/mol. The summed E-state index contributed by atoms with van der Waals surface area (Å²) in [5.74, 6) is 1.61. The van der Waals surface area contributed by atoms with E-state index < -0.39 is 0 Å². The van der Waals surface area contributed by atoms with Gasteiger partial charge in [-0.2, -0.15) is 0 Å². The highest BCUT2D eigenvalue weighted by Gasteiger charge is 2.23. The van der Waals surface area contributed by atoms with Crippen LogP contribution in [-0.2, 0) is 9.59 Å². The van der Waals surface area contributed by atoms with Crippen molar-refractivity contribution in [3.63, 3.8) is 0 Å². The second-order valence-electron chi connectivity index (χ2n) is 7.15. The predicted octanol–water partition coefficient (Wildman–Crippen LogP) is 2.04. The molecule has 2 heterocycles. The first-order valence-electron chi connectivity index (χ1n) is 9.63. The van der Waals surface area contributed by atoms with Crippen molar-refractivity contribution in [3.05, 3.63) is 24.3 Å². The van der Waals surface area contributed by atoms with Crippen molar-refractivity contribution in [1.29, 1.82) is 0 Å². The molecule has 1 N–H and O–H groups in total. The molecule has 0 spiro atoms. The molecule has 26 heavy (non-hydrogen) atoms. The molecule has 6 nitrogen and oxygen atoms in total.